The number of nitrogens with one attached hydrogen (secondary N) is 1. The third-order valence-electron chi connectivity index (χ3n) is 3.97. The molecule has 2 heteroatoms. The molecule has 0 radical (unpaired) electrons. The summed E-state index contributed by atoms with van der Waals surface area (Å²) in [7, 11) is 0. The highest BCUT2D eigenvalue weighted by Crippen LogP contribution is 2.23. The molecule has 1 heterocycles. The second-order valence-corrected chi connectivity index (χ2v) is 6.49. The molecule has 1 atom stereocenters. The number of rotatable bonds is 7. The zero-order valence-corrected chi connectivity index (χ0v) is 13.0. The Labute approximate surface area is 122 Å². The predicted octanol–water partition coefficient (Wildman–Crippen LogP) is 4.94. The lowest BCUT2D eigenvalue weighted by Gasteiger charge is -2.21. The molecule has 0 bridgehead atoms. The Kier molecular flexibility index (Phi) is 6.66. The zero-order chi connectivity index (χ0) is 13.3. The standard InChI is InChI=1S/C17H27NS/c1-2-18-17(15-9-5-3-4-6-10-15)13-7-11-16-12-8-14-19-16/h8-9,12,14,17-18H,2-7,10-11,13H2,1H3. The van der Waals surface area contributed by atoms with Crippen LogP contribution in [0.1, 0.15) is 56.7 Å². The summed E-state index contributed by atoms with van der Waals surface area (Å²) in [5, 5.41) is 5.88. The molecule has 0 fully saturated rings. The highest BCUT2D eigenvalue weighted by molar-refractivity contribution is 7.09. The Morgan fingerprint density at radius 1 is 1.32 bits per heavy atom. The van der Waals surface area contributed by atoms with E-state index in [9.17, 15) is 0 Å². The Morgan fingerprint density at radius 2 is 2.26 bits per heavy atom. The largest absolute Gasteiger partial charge is 0.311 e. The van der Waals surface area contributed by atoms with Crippen LogP contribution in [0.4, 0.5) is 0 Å². The molecule has 0 spiro atoms. The monoisotopic (exact) mass is 277 g/mol. The Hall–Kier alpha value is -0.600. The van der Waals surface area contributed by atoms with Gasteiger partial charge in [-0.15, -0.1) is 11.3 Å². The third-order valence-corrected chi connectivity index (χ3v) is 4.91. The second kappa shape index (κ2) is 8.55. The minimum absolute atomic E-state index is 0.628. The summed E-state index contributed by atoms with van der Waals surface area (Å²) in [6, 6.07) is 5.05. The zero-order valence-electron chi connectivity index (χ0n) is 12.2. The van der Waals surface area contributed by atoms with E-state index in [0.29, 0.717) is 6.04 Å². The number of aryl methyl sites for hydroxylation is 1. The van der Waals surface area contributed by atoms with E-state index in [1.807, 2.05) is 11.3 Å². The van der Waals surface area contributed by atoms with Gasteiger partial charge in [0.15, 0.2) is 0 Å². The van der Waals surface area contributed by atoms with Gasteiger partial charge in [-0.3, -0.25) is 0 Å². The Balaban J connectivity index is 1.82. The van der Waals surface area contributed by atoms with Gasteiger partial charge in [-0.05, 0) is 62.9 Å². The normalized spacial score (nSPS) is 17.8. The van der Waals surface area contributed by atoms with Gasteiger partial charge in [-0.1, -0.05) is 31.1 Å². The van der Waals surface area contributed by atoms with E-state index in [2.05, 4.69) is 35.8 Å². The van der Waals surface area contributed by atoms with Crippen LogP contribution in [-0.2, 0) is 6.42 Å². The van der Waals surface area contributed by atoms with Crippen molar-refractivity contribution in [3.63, 3.8) is 0 Å². The summed E-state index contributed by atoms with van der Waals surface area (Å²) in [5.41, 5.74) is 1.69. The second-order valence-electron chi connectivity index (χ2n) is 5.46. The fourth-order valence-electron chi connectivity index (χ4n) is 2.96. The molecule has 1 nitrogen and oxygen atoms in total. The molecule has 1 aromatic heterocycles. The van der Waals surface area contributed by atoms with E-state index < -0.39 is 0 Å². The van der Waals surface area contributed by atoms with E-state index in [1.165, 1.54) is 56.2 Å². The first kappa shape index (κ1) is 14.8. The molecule has 19 heavy (non-hydrogen) atoms. The molecular formula is C17H27NS. The van der Waals surface area contributed by atoms with Crippen LogP contribution in [0.15, 0.2) is 29.2 Å². The smallest absolute Gasteiger partial charge is 0.0279 e. The van der Waals surface area contributed by atoms with Crippen molar-refractivity contribution in [3.05, 3.63) is 34.0 Å². The van der Waals surface area contributed by atoms with Gasteiger partial charge >= 0.3 is 0 Å². The molecule has 1 aliphatic carbocycles. The lowest BCUT2D eigenvalue weighted by atomic mass is 9.97. The van der Waals surface area contributed by atoms with Crippen molar-refractivity contribution < 1.29 is 0 Å². The van der Waals surface area contributed by atoms with Crippen molar-refractivity contribution in [2.45, 2.75) is 64.3 Å². The fourth-order valence-corrected chi connectivity index (χ4v) is 3.71. The maximum absolute atomic E-state index is 3.70. The van der Waals surface area contributed by atoms with Crippen LogP contribution in [0.5, 0.6) is 0 Å². The summed E-state index contributed by atoms with van der Waals surface area (Å²) < 4.78 is 0. The van der Waals surface area contributed by atoms with Gasteiger partial charge in [0, 0.05) is 10.9 Å². The van der Waals surface area contributed by atoms with Crippen molar-refractivity contribution in [2.75, 3.05) is 6.54 Å². The highest BCUT2D eigenvalue weighted by Gasteiger charge is 2.14. The van der Waals surface area contributed by atoms with Crippen molar-refractivity contribution >= 4 is 11.3 Å². The predicted molar refractivity (Wildman–Crippen MR) is 85.9 cm³/mol. The van der Waals surface area contributed by atoms with Crippen LogP contribution in [-0.4, -0.2) is 12.6 Å². The summed E-state index contributed by atoms with van der Waals surface area (Å²) in [6.45, 7) is 3.31. The highest BCUT2D eigenvalue weighted by atomic mass is 32.1. The number of hydrogen-bond acceptors (Lipinski definition) is 2. The van der Waals surface area contributed by atoms with Crippen LogP contribution in [0.3, 0.4) is 0 Å². The molecule has 0 saturated carbocycles. The molecule has 106 valence electrons. The molecule has 1 aromatic rings. The maximum atomic E-state index is 3.70. The van der Waals surface area contributed by atoms with E-state index in [0.717, 1.165) is 6.54 Å². The van der Waals surface area contributed by atoms with Gasteiger partial charge in [0.1, 0.15) is 0 Å². The lowest BCUT2D eigenvalue weighted by Crippen LogP contribution is -2.31. The summed E-state index contributed by atoms with van der Waals surface area (Å²) in [4.78, 5) is 1.53. The van der Waals surface area contributed by atoms with Gasteiger partial charge in [0.2, 0.25) is 0 Å². The van der Waals surface area contributed by atoms with E-state index in [-0.39, 0.29) is 0 Å². The van der Waals surface area contributed by atoms with E-state index in [4.69, 9.17) is 0 Å². The first-order valence-corrected chi connectivity index (χ1v) is 8.73. The van der Waals surface area contributed by atoms with Crippen molar-refractivity contribution in [3.8, 4) is 0 Å². The molecule has 0 saturated heterocycles. The Morgan fingerprint density at radius 3 is 3.05 bits per heavy atom. The Bertz CT molecular complexity index is 367. The first-order chi connectivity index (χ1) is 9.40. The van der Waals surface area contributed by atoms with Gasteiger partial charge in [-0.2, -0.15) is 0 Å². The maximum Gasteiger partial charge on any atom is 0.0279 e. The molecular weight excluding hydrogens is 250 g/mol. The lowest BCUT2D eigenvalue weighted by molar-refractivity contribution is 0.515. The summed E-state index contributed by atoms with van der Waals surface area (Å²) in [5.74, 6) is 0. The quantitative estimate of drug-likeness (QED) is 0.696. The summed E-state index contributed by atoms with van der Waals surface area (Å²) in [6.07, 6.45) is 13.1. The molecule has 1 N–H and O–H groups in total. The third kappa shape index (κ3) is 5.12. The topological polar surface area (TPSA) is 12.0 Å². The number of thiophene rings is 1. The number of hydrogen-bond donors (Lipinski definition) is 1. The minimum atomic E-state index is 0.628. The van der Waals surface area contributed by atoms with Crippen molar-refractivity contribution in [1.82, 2.24) is 5.32 Å². The number of likely N-dealkylation sites (N-methyl/N-ethyl adjacent to an activating group) is 1. The first-order valence-electron chi connectivity index (χ1n) is 7.85. The summed E-state index contributed by atoms with van der Waals surface area (Å²) >= 11 is 1.89. The van der Waals surface area contributed by atoms with Crippen LogP contribution in [0.2, 0.25) is 0 Å². The molecule has 2 rings (SSSR count). The van der Waals surface area contributed by atoms with Crippen molar-refractivity contribution in [2.24, 2.45) is 0 Å². The fraction of sp³-hybridized carbons (Fsp3) is 0.647. The van der Waals surface area contributed by atoms with Crippen LogP contribution in [0, 0.1) is 0 Å². The number of allylic oxidation sites excluding steroid dienone is 1. The molecule has 1 unspecified atom stereocenters. The average Bonchev–Trinajstić information content (AvgIpc) is 2.79. The molecule has 0 aromatic carbocycles. The minimum Gasteiger partial charge on any atom is -0.311 e. The van der Waals surface area contributed by atoms with Gasteiger partial charge in [0.25, 0.3) is 0 Å². The molecule has 1 aliphatic rings. The molecule has 0 amide bonds. The average molecular weight is 277 g/mol. The van der Waals surface area contributed by atoms with Crippen LogP contribution < -0.4 is 5.32 Å². The van der Waals surface area contributed by atoms with Gasteiger partial charge < -0.3 is 5.32 Å². The van der Waals surface area contributed by atoms with Gasteiger partial charge in [-0.25, -0.2) is 0 Å². The van der Waals surface area contributed by atoms with E-state index in [1.54, 1.807) is 5.57 Å². The SMILES string of the molecule is CCNC(CCCc1cccs1)C1=CCCCCC1. The van der Waals surface area contributed by atoms with Crippen LogP contribution in [0.25, 0.3) is 0 Å². The van der Waals surface area contributed by atoms with Crippen molar-refractivity contribution in [1.29, 1.82) is 0 Å². The molecule has 0 aliphatic heterocycles. The van der Waals surface area contributed by atoms with Crippen LogP contribution >= 0.6 is 11.3 Å². The van der Waals surface area contributed by atoms with E-state index >= 15 is 0 Å². The van der Waals surface area contributed by atoms with Gasteiger partial charge in [0.05, 0.1) is 0 Å².